The molecular formula is C23H26ClN2O5S+. The van der Waals surface area contributed by atoms with Gasteiger partial charge in [-0.3, -0.25) is 10.1 Å². The van der Waals surface area contributed by atoms with Gasteiger partial charge in [0.25, 0.3) is 5.69 Å². The zero-order valence-corrected chi connectivity index (χ0v) is 20.0. The van der Waals surface area contributed by atoms with E-state index >= 15 is 0 Å². The van der Waals surface area contributed by atoms with E-state index in [-0.39, 0.29) is 5.78 Å². The van der Waals surface area contributed by atoms with E-state index in [4.69, 9.17) is 25.4 Å². The van der Waals surface area contributed by atoms with Gasteiger partial charge in [-0.05, 0) is 63.9 Å². The van der Waals surface area contributed by atoms with Crippen molar-refractivity contribution in [1.29, 1.82) is 0 Å². The van der Waals surface area contributed by atoms with Crippen molar-refractivity contribution in [3.8, 4) is 5.75 Å². The average molecular weight is 478 g/mol. The number of halogens is 1. The molecule has 1 aliphatic rings. The van der Waals surface area contributed by atoms with Gasteiger partial charge in [-0.15, -0.1) is 0 Å². The second-order valence-electron chi connectivity index (χ2n) is 7.99. The van der Waals surface area contributed by atoms with Crippen LogP contribution in [0.4, 0.5) is 16.2 Å². The highest BCUT2D eigenvalue weighted by molar-refractivity contribution is 7.74. The van der Waals surface area contributed by atoms with E-state index in [0.717, 1.165) is 16.8 Å². The summed E-state index contributed by atoms with van der Waals surface area (Å²) in [6.07, 6.45) is 2.65. The average Bonchev–Trinajstić information content (AvgIpc) is 2.71. The molecule has 0 saturated heterocycles. The molecule has 0 saturated carbocycles. The van der Waals surface area contributed by atoms with E-state index in [0.29, 0.717) is 41.5 Å². The maximum absolute atomic E-state index is 11.9. The number of anilines is 1. The Bertz CT molecular complexity index is 1080. The van der Waals surface area contributed by atoms with Crippen molar-refractivity contribution in [2.45, 2.75) is 46.1 Å². The summed E-state index contributed by atoms with van der Waals surface area (Å²) in [4.78, 5) is 23.7. The standard InChI is InChI=1S/C23H25ClN2O5S/c1-14-11-17(13-19-21(14)25-22(28)30-23(19,3)4)29-10-6-5-9-26(31-32)20-8-7-16(24)12-18(20)15(2)27/h7-9,11-13H,5-6,10H2,1-4H3,(H-,25,28,32)/p+1. The van der Waals surface area contributed by atoms with Gasteiger partial charge < -0.3 is 9.47 Å². The van der Waals surface area contributed by atoms with Crippen molar-refractivity contribution in [1.82, 2.24) is 0 Å². The zero-order chi connectivity index (χ0) is 23.5. The molecule has 2 aromatic rings. The lowest BCUT2D eigenvalue weighted by Gasteiger charge is -2.33. The van der Waals surface area contributed by atoms with Crippen molar-refractivity contribution in [3.63, 3.8) is 0 Å². The lowest BCUT2D eigenvalue weighted by molar-refractivity contribution is -0.672. The van der Waals surface area contributed by atoms with Crippen molar-refractivity contribution in [2.24, 2.45) is 0 Å². The monoisotopic (exact) mass is 477 g/mol. The van der Waals surface area contributed by atoms with Gasteiger partial charge in [-0.1, -0.05) is 11.6 Å². The first kappa shape index (κ1) is 23.9. The number of nitrogens with one attached hydrogen (secondary N) is 1. The SMILES string of the molecule is CC(=O)c1cc(Cl)ccc1[N+](=CCCCOc1cc(C)c2c(c1)C(C)(C)OC(=O)N2)OS. The van der Waals surface area contributed by atoms with Gasteiger partial charge in [0.1, 0.15) is 24.3 Å². The van der Waals surface area contributed by atoms with Crippen LogP contribution in [0.25, 0.3) is 0 Å². The molecule has 2 aromatic carbocycles. The molecular weight excluding hydrogens is 452 g/mol. The second kappa shape index (κ2) is 9.83. The molecule has 0 spiro atoms. The Morgan fingerprint density at radius 1 is 1.31 bits per heavy atom. The van der Waals surface area contributed by atoms with Crippen LogP contribution in [0.1, 0.15) is 55.1 Å². The molecule has 0 aromatic heterocycles. The first-order valence-corrected chi connectivity index (χ1v) is 10.9. The number of fused-ring (bicyclic) bond motifs is 1. The van der Waals surface area contributed by atoms with E-state index in [1.807, 2.05) is 32.9 Å². The topological polar surface area (TPSA) is 76.9 Å². The Balaban J connectivity index is 1.66. The molecule has 0 bridgehead atoms. The molecule has 1 amide bonds. The van der Waals surface area contributed by atoms with Crippen molar-refractivity contribution in [2.75, 3.05) is 11.9 Å². The van der Waals surface area contributed by atoms with E-state index < -0.39 is 11.7 Å². The van der Waals surface area contributed by atoms with Crippen LogP contribution in [0.2, 0.25) is 5.02 Å². The fourth-order valence-electron chi connectivity index (χ4n) is 3.53. The molecule has 32 heavy (non-hydrogen) atoms. The van der Waals surface area contributed by atoms with E-state index in [2.05, 4.69) is 18.2 Å². The number of Topliss-reactive ketones (excluding diaryl/α,β-unsaturated/α-hetero) is 1. The van der Waals surface area contributed by atoms with Gasteiger partial charge in [0.2, 0.25) is 6.21 Å². The molecule has 3 rings (SSSR count). The van der Waals surface area contributed by atoms with Crippen LogP contribution in [0.5, 0.6) is 5.75 Å². The largest absolute Gasteiger partial charge is 0.494 e. The summed E-state index contributed by atoms with van der Waals surface area (Å²) in [7, 11) is 0. The number of carbonyl (C=O) groups is 2. The summed E-state index contributed by atoms with van der Waals surface area (Å²) in [6.45, 7) is 7.55. The third-order valence-corrected chi connectivity index (χ3v) is 5.52. The predicted molar refractivity (Wildman–Crippen MR) is 127 cm³/mol. The Kier molecular flexibility index (Phi) is 7.36. The number of hydrogen-bond acceptors (Lipinski definition) is 6. The van der Waals surface area contributed by atoms with Crippen LogP contribution < -0.4 is 10.1 Å². The molecule has 9 heteroatoms. The normalized spacial score (nSPS) is 14.8. The number of unbranched alkanes of at least 4 members (excludes halogenated alkanes) is 1. The van der Waals surface area contributed by atoms with Gasteiger partial charge >= 0.3 is 6.09 Å². The summed E-state index contributed by atoms with van der Waals surface area (Å²) >= 11 is 9.92. The zero-order valence-electron chi connectivity index (χ0n) is 18.4. The molecule has 1 heterocycles. The molecule has 1 aliphatic heterocycles. The first-order valence-electron chi connectivity index (χ1n) is 10.1. The minimum absolute atomic E-state index is 0.125. The number of ketones is 1. The van der Waals surface area contributed by atoms with Gasteiger partial charge in [0.15, 0.2) is 5.78 Å². The predicted octanol–water partition coefficient (Wildman–Crippen LogP) is 6.00. The van der Waals surface area contributed by atoms with Crippen molar-refractivity contribution >= 4 is 54.0 Å². The Labute approximate surface area is 197 Å². The molecule has 0 unspecified atom stereocenters. The fraction of sp³-hybridized carbons (Fsp3) is 0.348. The smallest absolute Gasteiger partial charge is 0.412 e. The van der Waals surface area contributed by atoms with Crippen molar-refractivity contribution in [3.05, 3.63) is 52.0 Å². The third-order valence-electron chi connectivity index (χ3n) is 5.11. The minimum atomic E-state index is -0.743. The van der Waals surface area contributed by atoms with E-state index in [1.54, 1.807) is 24.4 Å². The number of amides is 1. The highest BCUT2D eigenvalue weighted by atomic mass is 35.5. The lowest BCUT2D eigenvalue weighted by Crippen LogP contribution is -2.35. The van der Waals surface area contributed by atoms with Crippen LogP contribution in [-0.4, -0.2) is 29.4 Å². The van der Waals surface area contributed by atoms with Gasteiger partial charge in [0, 0.05) is 27.8 Å². The maximum atomic E-state index is 11.9. The molecule has 0 aliphatic carbocycles. The molecule has 1 N–H and O–H groups in total. The first-order chi connectivity index (χ1) is 15.1. The van der Waals surface area contributed by atoms with Crippen LogP contribution in [0.15, 0.2) is 30.3 Å². The molecule has 170 valence electrons. The highest BCUT2D eigenvalue weighted by Crippen LogP contribution is 2.39. The van der Waals surface area contributed by atoms with Gasteiger partial charge in [0.05, 0.1) is 17.9 Å². The Morgan fingerprint density at radius 2 is 2.06 bits per heavy atom. The number of ether oxygens (including phenoxy) is 2. The van der Waals surface area contributed by atoms with Crippen LogP contribution in [-0.2, 0) is 14.6 Å². The number of aryl methyl sites for hydroxylation is 1. The van der Waals surface area contributed by atoms with Crippen LogP contribution in [0, 0.1) is 6.92 Å². The van der Waals surface area contributed by atoms with E-state index in [9.17, 15) is 9.59 Å². The summed E-state index contributed by atoms with van der Waals surface area (Å²) in [5.41, 5.74) is 2.80. The molecule has 0 atom stereocenters. The van der Waals surface area contributed by atoms with Gasteiger partial charge in [-0.25, -0.2) is 4.79 Å². The second-order valence-corrected chi connectivity index (χ2v) is 8.59. The number of hydrogen-bond donors (Lipinski definition) is 2. The quantitative estimate of drug-likeness (QED) is 0.0927. The molecule has 0 radical (unpaired) electrons. The number of cyclic esters (lactones) is 1. The van der Waals surface area contributed by atoms with Crippen molar-refractivity contribution < 1.29 is 28.1 Å². The molecule has 7 nitrogen and oxygen atoms in total. The van der Waals surface area contributed by atoms with Gasteiger partial charge in [-0.2, -0.15) is 4.28 Å². The van der Waals surface area contributed by atoms with Crippen LogP contribution >= 0.6 is 24.5 Å². The number of nitrogens with zero attached hydrogens (tertiary/aromatic N) is 1. The van der Waals surface area contributed by atoms with Crippen LogP contribution in [0.3, 0.4) is 0 Å². The summed E-state index contributed by atoms with van der Waals surface area (Å²) in [6, 6.07) is 8.77. The fourth-order valence-corrected chi connectivity index (χ4v) is 3.86. The summed E-state index contributed by atoms with van der Waals surface area (Å²) < 4.78 is 17.9. The summed E-state index contributed by atoms with van der Waals surface area (Å²) in [5.74, 6) is 0.577. The minimum Gasteiger partial charge on any atom is -0.494 e. The number of thiol groups is 1. The molecule has 0 fully saturated rings. The maximum Gasteiger partial charge on any atom is 0.412 e. The number of rotatable bonds is 8. The third kappa shape index (κ3) is 5.37. The lowest BCUT2D eigenvalue weighted by atomic mass is 9.92. The highest BCUT2D eigenvalue weighted by Gasteiger charge is 2.34. The summed E-state index contributed by atoms with van der Waals surface area (Å²) in [5, 5.41) is 3.23. The number of benzene rings is 2. The Morgan fingerprint density at radius 3 is 2.75 bits per heavy atom. The Hall–Kier alpha value is -2.71. The van der Waals surface area contributed by atoms with E-state index in [1.165, 1.54) is 11.7 Å². The number of carbonyl (C=O) groups excluding carboxylic acids is 2.